The van der Waals surface area contributed by atoms with Gasteiger partial charge in [0.2, 0.25) is 0 Å². The van der Waals surface area contributed by atoms with E-state index in [-0.39, 0.29) is 6.10 Å². The highest BCUT2D eigenvalue weighted by atomic mass is 16.5. The summed E-state index contributed by atoms with van der Waals surface area (Å²) in [6, 6.07) is 19.0. The zero-order chi connectivity index (χ0) is 15.1. The molecule has 2 heteroatoms. The molecule has 112 valence electrons. The first kappa shape index (κ1) is 15.6. The predicted octanol–water partition coefficient (Wildman–Crippen LogP) is 4.89. The molecule has 0 radical (unpaired) electrons. The third-order valence-electron chi connectivity index (χ3n) is 3.64. The summed E-state index contributed by atoms with van der Waals surface area (Å²) in [6.45, 7) is 7.49. The number of rotatable bonds is 7. The van der Waals surface area contributed by atoms with Crippen molar-refractivity contribution in [3.05, 3.63) is 65.7 Å². The van der Waals surface area contributed by atoms with Crippen LogP contribution in [0.1, 0.15) is 50.5 Å². The summed E-state index contributed by atoms with van der Waals surface area (Å²) in [5, 5.41) is 3.51. The van der Waals surface area contributed by atoms with Crippen LogP contribution in [0, 0.1) is 0 Å². The normalized spacial score (nSPS) is 13.7. The van der Waals surface area contributed by atoms with E-state index in [0.29, 0.717) is 6.04 Å². The summed E-state index contributed by atoms with van der Waals surface area (Å²) in [5.41, 5.74) is 2.46. The fourth-order valence-electron chi connectivity index (χ4n) is 2.33. The molecule has 1 N–H and O–H groups in total. The molecule has 0 saturated heterocycles. The third-order valence-corrected chi connectivity index (χ3v) is 3.64. The molecule has 2 rings (SSSR count). The molecule has 21 heavy (non-hydrogen) atoms. The first-order valence-corrected chi connectivity index (χ1v) is 7.75. The summed E-state index contributed by atoms with van der Waals surface area (Å²) in [4.78, 5) is 0. The second kappa shape index (κ2) is 7.84. The quantitative estimate of drug-likeness (QED) is 0.781. The highest BCUT2D eigenvalue weighted by Gasteiger charge is 2.09. The molecule has 0 aliphatic rings. The SMILES string of the molecule is CCCNC(C)c1cccc(OC(C)c2ccccc2)c1. The van der Waals surface area contributed by atoms with Gasteiger partial charge in [-0.25, -0.2) is 0 Å². The third kappa shape index (κ3) is 4.61. The van der Waals surface area contributed by atoms with E-state index in [1.807, 2.05) is 24.3 Å². The summed E-state index contributed by atoms with van der Waals surface area (Å²) < 4.78 is 6.07. The lowest BCUT2D eigenvalue weighted by molar-refractivity contribution is 0.226. The maximum absolute atomic E-state index is 6.07. The van der Waals surface area contributed by atoms with Crippen molar-refractivity contribution in [2.75, 3.05) is 6.54 Å². The number of hydrogen-bond donors (Lipinski definition) is 1. The van der Waals surface area contributed by atoms with Gasteiger partial charge in [-0.1, -0.05) is 49.4 Å². The van der Waals surface area contributed by atoms with Crippen LogP contribution in [-0.4, -0.2) is 6.54 Å². The molecule has 0 aliphatic carbocycles. The van der Waals surface area contributed by atoms with Gasteiger partial charge in [-0.3, -0.25) is 0 Å². The van der Waals surface area contributed by atoms with Crippen molar-refractivity contribution in [3.8, 4) is 5.75 Å². The minimum atomic E-state index is 0.0559. The average Bonchev–Trinajstić information content (AvgIpc) is 2.53. The Labute approximate surface area is 128 Å². The van der Waals surface area contributed by atoms with E-state index in [0.717, 1.165) is 18.7 Å². The Morgan fingerprint density at radius 3 is 2.38 bits per heavy atom. The molecule has 0 heterocycles. The Morgan fingerprint density at radius 2 is 1.67 bits per heavy atom. The van der Waals surface area contributed by atoms with Gasteiger partial charge in [0.1, 0.15) is 11.9 Å². The van der Waals surface area contributed by atoms with Crippen molar-refractivity contribution in [1.82, 2.24) is 5.32 Å². The Morgan fingerprint density at radius 1 is 0.952 bits per heavy atom. The van der Waals surface area contributed by atoms with E-state index in [4.69, 9.17) is 4.74 Å². The Kier molecular flexibility index (Phi) is 5.82. The van der Waals surface area contributed by atoms with Crippen molar-refractivity contribution in [2.24, 2.45) is 0 Å². The van der Waals surface area contributed by atoms with Gasteiger partial charge in [0.15, 0.2) is 0 Å². The minimum absolute atomic E-state index is 0.0559. The molecule has 0 aliphatic heterocycles. The van der Waals surface area contributed by atoms with Gasteiger partial charge in [0.05, 0.1) is 0 Å². The number of ether oxygens (including phenoxy) is 1. The second-order valence-electron chi connectivity index (χ2n) is 5.42. The van der Waals surface area contributed by atoms with Crippen LogP contribution in [0.4, 0.5) is 0 Å². The molecule has 0 amide bonds. The molecule has 0 saturated carbocycles. The molecule has 2 atom stereocenters. The molecule has 2 aromatic rings. The van der Waals surface area contributed by atoms with Crippen molar-refractivity contribution >= 4 is 0 Å². The maximum atomic E-state index is 6.07. The lowest BCUT2D eigenvalue weighted by atomic mass is 10.1. The van der Waals surface area contributed by atoms with Crippen LogP contribution in [-0.2, 0) is 0 Å². The van der Waals surface area contributed by atoms with Crippen LogP contribution in [0.2, 0.25) is 0 Å². The van der Waals surface area contributed by atoms with Crippen LogP contribution in [0.25, 0.3) is 0 Å². The molecule has 0 bridgehead atoms. The van der Waals surface area contributed by atoms with E-state index in [9.17, 15) is 0 Å². The van der Waals surface area contributed by atoms with E-state index >= 15 is 0 Å². The highest BCUT2D eigenvalue weighted by molar-refractivity contribution is 5.31. The van der Waals surface area contributed by atoms with E-state index in [2.05, 4.69) is 56.4 Å². The Balaban J connectivity index is 2.04. The molecule has 0 fully saturated rings. The fraction of sp³-hybridized carbons (Fsp3) is 0.368. The second-order valence-corrected chi connectivity index (χ2v) is 5.42. The minimum Gasteiger partial charge on any atom is -0.486 e. The van der Waals surface area contributed by atoms with Crippen LogP contribution in [0.5, 0.6) is 5.75 Å². The van der Waals surface area contributed by atoms with Gasteiger partial charge < -0.3 is 10.1 Å². The van der Waals surface area contributed by atoms with E-state index < -0.39 is 0 Å². The van der Waals surface area contributed by atoms with Gasteiger partial charge in [-0.15, -0.1) is 0 Å². The number of benzene rings is 2. The number of hydrogen-bond acceptors (Lipinski definition) is 2. The molecule has 2 nitrogen and oxygen atoms in total. The topological polar surface area (TPSA) is 21.3 Å². The average molecular weight is 283 g/mol. The number of nitrogens with one attached hydrogen (secondary N) is 1. The van der Waals surface area contributed by atoms with Gasteiger partial charge in [-0.05, 0) is 50.1 Å². The smallest absolute Gasteiger partial charge is 0.121 e. The van der Waals surface area contributed by atoms with Crippen molar-refractivity contribution in [2.45, 2.75) is 39.3 Å². The van der Waals surface area contributed by atoms with Gasteiger partial charge in [0, 0.05) is 6.04 Å². The fourth-order valence-corrected chi connectivity index (χ4v) is 2.33. The maximum Gasteiger partial charge on any atom is 0.121 e. The molecule has 2 aromatic carbocycles. The summed E-state index contributed by atoms with van der Waals surface area (Å²) in [6.07, 6.45) is 1.20. The molecule has 2 unspecified atom stereocenters. The van der Waals surface area contributed by atoms with Crippen LogP contribution in [0.15, 0.2) is 54.6 Å². The summed E-state index contributed by atoms with van der Waals surface area (Å²) in [5.74, 6) is 0.925. The van der Waals surface area contributed by atoms with E-state index in [1.54, 1.807) is 0 Å². The highest BCUT2D eigenvalue weighted by Crippen LogP contribution is 2.24. The summed E-state index contributed by atoms with van der Waals surface area (Å²) in [7, 11) is 0. The molecular formula is C19H25NO. The lowest BCUT2D eigenvalue weighted by Gasteiger charge is -2.18. The zero-order valence-electron chi connectivity index (χ0n) is 13.2. The molecule has 0 spiro atoms. The van der Waals surface area contributed by atoms with Crippen molar-refractivity contribution in [1.29, 1.82) is 0 Å². The van der Waals surface area contributed by atoms with Crippen molar-refractivity contribution < 1.29 is 4.74 Å². The van der Waals surface area contributed by atoms with Crippen molar-refractivity contribution in [3.63, 3.8) is 0 Å². The molecular weight excluding hydrogens is 258 g/mol. The predicted molar refractivity (Wildman–Crippen MR) is 88.6 cm³/mol. The summed E-state index contributed by atoms with van der Waals surface area (Å²) >= 11 is 0. The first-order valence-electron chi connectivity index (χ1n) is 7.75. The zero-order valence-corrected chi connectivity index (χ0v) is 13.2. The van der Waals surface area contributed by atoms with Gasteiger partial charge in [0.25, 0.3) is 0 Å². The van der Waals surface area contributed by atoms with Crippen LogP contribution >= 0.6 is 0 Å². The van der Waals surface area contributed by atoms with Gasteiger partial charge in [-0.2, -0.15) is 0 Å². The standard InChI is InChI=1S/C19H25NO/c1-4-13-20-15(2)18-11-8-12-19(14-18)21-16(3)17-9-6-5-7-10-17/h5-12,14-16,20H,4,13H2,1-3H3. The first-order chi connectivity index (χ1) is 10.2. The molecule has 0 aromatic heterocycles. The monoisotopic (exact) mass is 283 g/mol. The van der Waals surface area contributed by atoms with E-state index in [1.165, 1.54) is 11.1 Å². The lowest BCUT2D eigenvalue weighted by Crippen LogP contribution is -2.19. The largest absolute Gasteiger partial charge is 0.486 e. The van der Waals surface area contributed by atoms with Crippen LogP contribution < -0.4 is 10.1 Å². The van der Waals surface area contributed by atoms with Crippen LogP contribution in [0.3, 0.4) is 0 Å². The Hall–Kier alpha value is -1.80. The van der Waals surface area contributed by atoms with Gasteiger partial charge >= 0.3 is 0 Å². The Bertz CT molecular complexity index is 538.